The highest BCUT2D eigenvalue weighted by Crippen LogP contribution is 2.54. The second kappa shape index (κ2) is 9.14. The van der Waals surface area contributed by atoms with Crippen LogP contribution < -0.4 is 10.2 Å². The third-order valence-electron chi connectivity index (χ3n) is 7.34. The van der Waals surface area contributed by atoms with Crippen molar-refractivity contribution >= 4 is 58.4 Å². The summed E-state index contributed by atoms with van der Waals surface area (Å²) < 4.78 is 39.8. The number of amides is 3. The second-order valence-electron chi connectivity index (χ2n) is 9.51. The van der Waals surface area contributed by atoms with Crippen LogP contribution in [0.25, 0.3) is 6.08 Å². The van der Waals surface area contributed by atoms with Crippen molar-refractivity contribution in [3.05, 3.63) is 99.7 Å². The van der Waals surface area contributed by atoms with Gasteiger partial charge in [0.25, 0.3) is 0 Å². The van der Waals surface area contributed by atoms with Gasteiger partial charge >= 0.3 is 6.18 Å². The number of alkyl halides is 3. The molecule has 11 heteroatoms. The maximum Gasteiger partial charge on any atom is 0.416 e. The van der Waals surface area contributed by atoms with E-state index in [0.29, 0.717) is 0 Å². The fraction of sp³-hybridized carbons (Fsp3) is 0.179. The minimum absolute atomic E-state index is 0.0808. The lowest BCUT2D eigenvalue weighted by molar-refractivity contribution is -0.137. The van der Waals surface area contributed by atoms with E-state index in [2.05, 4.69) is 5.32 Å². The van der Waals surface area contributed by atoms with Crippen molar-refractivity contribution in [2.45, 2.75) is 18.3 Å². The van der Waals surface area contributed by atoms with E-state index in [9.17, 15) is 27.6 Å². The summed E-state index contributed by atoms with van der Waals surface area (Å²) in [7, 11) is 0. The number of carbonyl (C=O) groups excluding carboxylic acids is 3. The standard InChI is InChI=1S/C28H18Cl2F3N3O3/c29-16-8-9-19(30)20(13-16)36-26(38)21-22(27(36)39)24(35-11-10-14-4-1-2-7-18(14)23(21)35)25(37)34-17-6-3-5-15(12-17)28(31,32)33/h1-13,21-24H,(H,34,37). The molecule has 0 saturated carbocycles. The predicted molar refractivity (Wildman–Crippen MR) is 140 cm³/mol. The fourth-order valence-corrected chi connectivity index (χ4v) is 6.11. The van der Waals surface area contributed by atoms with Crippen molar-refractivity contribution < 1.29 is 27.6 Å². The predicted octanol–water partition coefficient (Wildman–Crippen LogP) is 6.17. The lowest BCUT2D eigenvalue weighted by Crippen LogP contribution is -2.46. The maximum atomic E-state index is 13.9. The molecule has 6 nitrogen and oxygen atoms in total. The molecule has 2 fully saturated rings. The van der Waals surface area contributed by atoms with Crippen molar-refractivity contribution in [2.24, 2.45) is 11.8 Å². The van der Waals surface area contributed by atoms with Gasteiger partial charge in [-0.1, -0.05) is 53.5 Å². The van der Waals surface area contributed by atoms with Gasteiger partial charge in [-0.25, -0.2) is 4.90 Å². The van der Waals surface area contributed by atoms with Gasteiger partial charge in [0.05, 0.1) is 34.2 Å². The first kappa shape index (κ1) is 25.5. The lowest BCUT2D eigenvalue weighted by Gasteiger charge is -2.35. The second-order valence-corrected chi connectivity index (χ2v) is 10.4. The molecule has 0 radical (unpaired) electrons. The van der Waals surface area contributed by atoms with Crippen LogP contribution in [0.5, 0.6) is 0 Å². The smallest absolute Gasteiger partial charge is 0.357 e. The summed E-state index contributed by atoms with van der Waals surface area (Å²) >= 11 is 12.5. The van der Waals surface area contributed by atoms with E-state index in [-0.39, 0.29) is 21.4 Å². The normalized spacial score (nSPS) is 23.5. The number of anilines is 2. The molecule has 3 amide bonds. The van der Waals surface area contributed by atoms with Crippen molar-refractivity contribution in [1.82, 2.24) is 4.90 Å². The number of fused-ring (bicyclic) bond motifs is 5. The van der Waals surface area contributed by atoms with Crippen molar-refractivity contribution in [2.75, 3.05) is 10.2 Å². The quantitative estimate of drug-likeness (QED) is 0.382. The Hall–Kier alpha value is -3.82. The fourth-order valence-electron chi connectivity index (χ4n) is 5.74. The minimum atomic E-state index is -4.60. The zero-order chi connectivity index (χ0) is 27.6. The maximum absolute atomic E-state index is 13.9. The van der Waals surface area contributed by atoms with E-state index in [1.54, 1.807) is 23.2 Å². The van der Waals surface area contributed by atoms with Crippen LogP contribution in [0.15, 0.2) is 72.9 Å². The molecule has 39 heavy (non-hydrogen) atoms. The number of nitrogens with zero attached hydrogens (tertiary/aromatic N) is 2. The van der Waals surface area contributed by atoms with Gasteiger partial charge < -0.3 is 10.2 Å². The van der Waals surface area contributed by atoms with Crippen LogP contribution >= 0.6 is 23.2 Å². The topological polar surface area (TPSA) is 69.7 Å². The Labute approximate surface area is 230 Å². The molecule has 0 aliphatic carbocycles. The molecule has 2 saturated heterocycles. The van der Waals surface area contributed by atoms with Gasteiger partial charge in [0.2, 0.25) is 17.7 Å². The molecule has 198 valence electrons. The molecule has 0 aromatic heterocycles. The van der Waals surface area contributed by atoms with Crippen LogP contribution in [0, 0.1) is 11.8 Å². The first-order valence-corrected chi connectivity index (χ1v) is 12.7. The average molecular weight is 572 g/mol. The third kappa shape index (κ3) is 4.08. The summed E-state index contributed by atoms with van der Waals surface area (Å²) in [5.74, 6) is -3.96. The zero-order valence-electron chi connectivity index (χ0n) is 19.8. The molecule has 3 aliphatic heterocycles. The zero-order valence-corrected chi connectivity index (χ0v) is 21.3. The highest BCUT2D eigenvalue weighted by molar-refractivity contribution is 6.38. The molecule has 4 unspecified atom stereocenters. The Kier molecular flexibility index (Phi) is 5.96. The molecule has 3 heterocycles. The largest absolute Gasteiger partial charge is 0.416 e. The minimum Gasteiger partial charge on any atom is -0.357 e. The van der Waals surface area contributed by atoms with Gasteiger partial charge in [0.1, 0.15) is 6.04 Å². The van der Waals surface area contributed by atoms with Crippen LogP contribution in [0.1, 0.15) is 22.7 Å². The summed E-state index contributed by atoms with van der Waals surface area (Å²) in [6.07, 6.45) is -1.18. The molecule has 0 bridgehead atoms. The van der Waals surface area contributed by atoms with Gasteiger partial charge in [-0.15, -0.1) is 0 Å². The molecule has 4 atom stereocenters. The molecular formula is C28H18Cl2F3N3O3. The molecule has 6 rings (SSSR count). The van der Waals surface area contributed by atoms with Crippen molar-refractivity contribution in [3.63, 3.8) is 0 Å². The number of carbonyl (C=O) groups is 3. The number of hydrogen-bond donors (Lipinski definition) is 1. The first-order chi connectivity index (χ1) is 18.6. The summed E-state index contributed by atoms with van der Waals surface area (Å²) in [4.78, 5) is 44.1. The third-order valence-corrected chi connectivity index (χ3v) is 7.89. The van der Waals surface area contributed by atoms with E-state index in [1.807, 2.05) is 18.2 Å². The van der Waals surface area contributed by atoms with E-state index in [0.717, 1.165) is 28.2 Å². The SMILES string of the molecule is O=C(Nc1cccc(C(F)(F)F)c1)C1C2C(=O)N(c3cc(Cl)ccc3Cl)C(=O)C2C2c3ccccc3C=CN12. The van der Waals surface area contributed by atoms with E-state index < -0.39 is 53.4 Å². The van der Waals surface area contributed by atoms with Crippen LogP contribution in [-0.2, 0) is 20.6 Å². The highest BCUT2D eigenvalue weighted by Gasteiger charge is 2.64. The molecule has 3 aliphatic rings. The van der Waals surface area contributed by atoms with Gasteiger partial charge in [0, 0.05) is 16.9 Å². The Bertz CT molecular complexity index is 1570. The Morgan fingerprint density at radius 2 is 1.64 bits per heavy atom. The van der Waals surface area contributed by atoms with Crippen LogP contribution in [0.3, 0.4) is 0 Å². The van der Waals surface area contributed by atoms with Gasteiger partial charge in [-0.3, -0.25) is 14.4 Å². The summed E-state index contributed by atoms with van der Waals surface area (Å²) in [5, 5.41) is 2.93. The van der Waals surface area contributed by atoms with E-state index in [4.69, 9.17) is 23.2 Å². The Morgan fingerprint density at radius 3 is 2.41 bits per heavy atom. The van der Waals surface area contributed by atoms with Crippen molar-refractivity contribution in [3.8, 4) is 0 Å². The van der Waals surface area contributed by atoms with Crippen molar-refractivity contribution in [1.29, 1.82) is 0 Å². The van der Waals surface area contributed by atoms with Crippen LogP contribution in [0.4, 0.5) is 24.5 Å². The number of imide groups is 1. The number of rotatable bonds is 3. The number of halogens is 5. The van der Waals surface area contributed by atoms with E-state index >= 15 is 0 Å². The molecule has 0 spiro atoms. The Morgan fingerprint density at radius 1 is 0.897 bits per heavy atom. The van der Waals surface area contributed by atoms with Gasteiger partial charge in [-0.05, 0) is 53.6 Å². The van der Waals surface area contributed by atoms with Crippen LogP contribution in [-0.4, -0.2) is 28.7 Å². The number of hydrogen-bond acceptors (Lipinski definition) is 4. The Balaban J connectivity index is 1.43. The monoisotopic (exact) mass is 571 g/mol. The highest BCUT2D eigenvalue weighted by atomic mass is 35.5. The van der Waals surface area contributed by atoms with Crippen LogP contribution in [0.2, 0.25) is 10.0 Å². The summed E-state index contributed by atoms with van der Waals surface area (Å²) in [6.45, 7) is 0. The van der Waals surface area contributed by atoms with Gasteiger partial charge in [-0.2, -0.15) is 13.2 Å². The average Bonchev–Trinajstić information content (AvgIpc) is 3.37. The number of nitrogens with one attached hydrogen (secondary N) is 1. The molecule has 3 aromatic carbocycles. The van der Waals surface area contributed by atoms with Gasteiger partial charge in [0.15, 0.2) is 0 Å². The molecule has 1 N–H and O–H groups in total. The summed E-state index contributed by atoms with van der Waals surface area (Å²) in [5.41, 5.74) is 0.683. The lowest BCUT2D eigenvalue weighted by atomic mass is 9.84. The number of benzene rings is 3. The van der Waals surface area contributed by atoms with E-state index in [1.165, 1.54) is 30.3 Å². The summed E-state index contributed by atoms with van der Waals surface area (Å²) in [6, 6.07) is 14.1. The molecule has 3 aromatic rings. The molecular weight excluding hydrogens is 554 g/mol. The first-order valence-electron chi connectivity index (χ1n) is 11.9.